The molecule has 1 heterocycles. The summed E-state index contributed by atoms with van der Waals surface area (Å²) in [7, 11) is 6.11. The number of hydrogen-bond acceptors (Lipinski definition) is 9. The Morgan fingerprint density at radius 2 is 1.22 bits per heavy atom. The minimum absolute atomic E-state index is 0.241. The molecule has 0 saturated heterocycles. The summed E-state index contributed by atoms with van der Waals surface area (Å²) in [6, 6.07) is 33.5. The molecule has 0 aliphatic heterocycles. The van der Waals surface area contributed by atoms with E-state index in [4.69, 9.17) is 23.4 Å². The van der Waals surface area contributed by atoms with Crippen LogP contribution in [-0.2, 0) is 0 Å². The summed E-state index contributed by atoms with van der Waals surface area (Å²) in [6.07, 6.45) is 5.96. The quantitative estimate of drug-likeness (QED) is 0.139. The second-order valence-electron chi connectivity index (χ2n) is 14.0. The van der Waals surface area contributed by atoms with Gasteiger partial charge in [-0.2, -0.15) is 0 Å². The number of carbonyl (C=O) groups is 2. The van der Waals surface area contributed by atoms with Crippen LogP contribution in [0.3, 0.4) is 0 Å². The SMILES string of the molecule is COc1cc(NC(=O)c2cccc3ccccc23)c(C(=O)NCC2CCCCC2)cc1OC.COc1cc2nc(-c3cccc4ccccc34)oc(=O)c2cc1OC. The topological polar surface area (TPSA) is 138 Å². The van der Waals surface area contributed by atoms with E-state index in [0.717, 1.165) is 39.9 Å². The maximum Gasteiger partial charge on any atom is 0.347 e. The number of hydrogen-bond donors (Lipinski definition) is 2. The molecule has 1 fully saturated rings. The van der Waals surface area contributed by atoms with Crippen molar-refractivity contribution < 1.29 is 33.0 Å². The molecule has 0 radical (unpaired) electrons. The van der Waals surface area contributed by atoms with E-state index in [-0.39, 0.29) is 17.7 Å². The van der Waals surface area contributed by atoms with Crippen LogP contribution in [0.25, 0.3) is 43.9 Å². The lowest BCUT2D eigenvalue weighted by atomic mass is 9.89. The molecule has 7 aromatic rings. The van der Waals surface area contributed by atoms with Gasteiger partial charge in [-0.25, -0.2) is 9.78 Å². The van der Waals surface area contributed by atoms with E-state index in [2.05, 4.69) is 15.6 Å². The van der Waals surface area contributed by atoms with Gasteiger partial charge < -0.3 is 34.0 Å². The molecular weight excluding hydrogens is 735 g/mol. The molecular formula is C47H45N3O8. The summed E-state index contributed by atoms with van der Waals surface area (Å²) in [5.74, 6) is 2.09. The Labute approximate surface area is 335 Å². The highest BCUT2D eigenvalue weighted by atomic mass is 16.5. The molecule has 1 aliphatic rings. The lowest BCUT2D eigenvalue weighted by Crippen LogP contribution is -2.31. The first-order valence-electron chi connectivity index (χ1n) is 19.2. The second kappa shape index (κ2) is 17.9. The lowest BCUT2D eigenvalue weighted by molar-refractivity contribution is 0.0944. The Hall–Kier alpha value is -6.88. The molecule has 58 heavy (non-hydrogen) atoms. The maximum atomic E-state index is 13.2. The highest BCUT2D eigenvalue weighted by molar-refractivity contribution is 6.15. The first kappa shape index (κ1) is 39.4. The van der Waals surface area contributed by atoms with E-state index in [1.54, 1.807) is 37.4 Å². The van der Waals surface area contributed by atoms with Crippen LogP contribution in [0, 0.1) is 5.92 Å². The third-order valence-electron chi connectivity index (χ3n) is 10.5. The fraction of sp³-hybridized carbons (Fsp3) is 0.234. The van der Waals surface area contributed by atoms with E-state index in [1.165, 1.54) is 40.6 Å². The molecule has 0 spiro atoms. The number of benzene rings is 6. The van der Waals surface area contributed by atoms with E-state index in [1.807, 2.05) is 78.9 Å². The van der Waals surface area contributed by atoms with Gasteiger partial charge in [0.2, 0.25) is 5.89 Å². The first-order valence-corrected chi connectivity index (χ1v) is 19.2. The number of rotatable bonds is 10. The number of methoxy groups -OCH3 is 4. The van der Waals surface area contributed by atoms with Crippen molar-refractivity contribution in [1.29, 1.82) is 0 Å². The normalized spacial score (nSPS) is 12.7. The van der Waals surface area contributed by atoms with Gasteiger partial charge >= 0.3 is 5.63 Å². The molecule has 0 unspecified atom stereocenters. The molecule has 0 bridgehead atoms. The van der Waals surface area contributed by atoms with Gasteiger partial charge in [0.05, 0.1) is 50.6 Å². The molecule has 11 heteroatoms. The van der Waals surface area contributed by atoms with Gasteiger partial charge in [-0.05, 0) is 58.5 Å². The molecule has 0 atom stereocenters. The van der Waals surface area contributed by atoms with Crippen molar-refractivity contribution in [2.45, 2.75) is 32.1 Å². The van der Waals surface area contributed by atoms with Gasteiger partial charge in [-0.3, -0.25) is 9.59 Å². The molecule has 1 aromatic heterocycles. The van der Waals surface area contributed by atoms with Crippen molar-refractivity contribution in [2.75, 3.05) is 40.3 Å². The maximum absolute atomic E-state index is 13.2. The molecule has 1 aliphatic carbocycles. The Bertz CT molecular complexity index is 2660. The lowest BCUT2D eigenvalue weighted by Gasteiger charge is -2.22. The van der Waals surface area contributed by atoms with Crippen LogP contribution < -0.4 is 35.2 Å². The Morgan fingerprint density at radius 1 is 0.638 bits per heavy atom. The Morgan fingerprint density at radius 3 is 1.93 bits per heavy atom. The number of nitrogens with one attached hydrogen (secondary N) is 2. The van der Waals surface area contributed by atoms with Crippen LogP contribution in [0.2, 0.25) is 0 Å². The highest BCUT2D eigenvalue weighted by Crippen LogP contribution is 2.35. The first-order chi connectivity index (χ1) is 28.3. The third-order valence-corrected chi connectivity index (χ3v) is 10.5. The predicted molar refractivity (Wildman–Crippen MR) is 227 cm³/mol. The monoisotopic (exact) mass is 779 g/mol. The predicted octanol–water partition coefficient (Wildman–Crippen LogP) is 9.44. The summed E-state index contributed by atoms with van der Waals surface area (Å²) in [4.78, 5) is 43.4. The number of nitrogens with zero attached hydrogens (tertiary/aromatic N) is 1. The van der Waals surface area contributed by atoms with Crippen molar-refractivity contribution in [3.63, 3.8) is 0 Å². The zero-order chi connectivity index (χ0) is 40.6. The number of anilines is 1. The van der Waals surface area contributed by atoms with Crippen LogP contribution in [0.5, 0.6) is 23.0 Å². The van der Waals surface area contributed by atoms with Crippen molar-refractivity contribution >= 4 is 49.9 Å². The van der Waals surface area contributed by atoms with Crippen molar-refractivity contribution in [2.24, 2.45) is 5.92 Å². The van der Waals surface area contributed by atoms with Gasteiger partial charge in [0, 0.05) is 35.9 Å². The molecule has 1 saturated carbocycles. The minimum atomic E-state index is -0.464. The zero-order valence-electron chi connectivity index (χ0n) is 32.9. The van der Waals surface area contributed by atoms with Crippen LogP contribution in [0.15, 0.2) is 118 Å². The number of carbonyl (C=O) groups excluding carboxylic acids is 2. The van der Waals surface area contributed by atoms with Crippen LogP contribution in [0.4, 0.5) is 5.69 Å². The van der Waals surface area contributed by atoms with Crippen molar-refractivity contribution in [3.05, 3.63) is 131 Å². The summed E-state index contributed by atoms with van der Waals surface area (Å²) in [5, 5.41) is 10.2. The number of aromatic nitrogens is 1. The molecule has 11 nitrogen and oxygen atoms in total. The molecule has 8 rings (SSSR count). The second-order valence-corrected chi connectivity index (χ2v) is 14.0. The summed E-state index contributed by atoms with van der Waals surface area (Å²) in [6.45, 7) is 0.629. The molecule has 2 amide bonds. The standard InChI is InChI=1S/C27H30N2O4.C20H15NO4/c1-32-24-15-22(26(30)28-17-18-9-4-3-5-10-18)23(16-25(24)33-2)29-27(31)21-14-8-12-19-11-6-7-13-20(19)21;1-23-17-10-15-16(11-18(17)24-2)21-19(25-20(15)22)14-9-5-7-12-6-3-4-8-13(12)14/h6-8,11-16,18H,3-5,9-10,17H2,1-2H3,(H,28,30)(H,29,31);3-11H,1-2H3. The fourth-order valence-electron chi connectivity index (χ4n) is 7.43. The summed E-state index contributed by atoms with van der Waals surface area (Å²) in [5.41, 5.74) is 2.07. The van der Waals surface area contributed by atoms with E-state index in [0.29, 0.717) is 63.2 Å². The molecule has 2 N–H and O–H groups in total. The van der Waals surface area contributed by atoms with Crippen LogP contribution in [-0.4, -0.2) is 51.8 Å². The molecule has 6 aromatic carbocycles. The van der Waals surface area contributed by atoms with Gasteiger partial charge in [0.25, 0.3) is 11.8 Å². The summed E-state index contributed by atoms with van der Waals surface area (Å²) >= 11 is 0. The van der Waals surface area contributed by atoms with Gasteiger partial charge in [-0.1, -0.05) is 92.1 Å². The molecule has 296 valence electrons. The number of fused-ring (bicyclic) bond motifs is 3. The Kier molecular flexibility index (Phi) is 12.2. The third kappa shape index (κ3) is 8.44. The van der Waals surface area contributed by atoms with Gasteiger partial charge in [0.15, 0.2) is 23.0 Å². The largest absolute Gasteiger partial charge is 0.493 e. The van der Waals surface area contributed by atoms with Crippen molar-refractivity contribution in [3.8, 4) is 34.5 Å². The van der Waals surface area contributed by atoms with Crippen LogP contribution >= 0.6 is 0 Å². The average molecular weight is 780 g/mol. The van der Waals surface area contributed by atoms with E-state index < -0.39 is 5.63 Å². The van der Waals surface area contributed by atoms with Crippen molar-refractivity contribution in [1.82, 2.24) is 10.3 Å². The van der Waals surface area contributed by atoms with E-state index in [9.17, 15) is 14.4 Å². The zero-order valence-corrected chi connectivity index (χ0v) is 32.9. The Balaban J connectivity index is 0.000000183. The minimum Gasteiger partial charge on any atom is -0.493 e. The van der Waals surface area contributed by atoms with E-state index >= 15 is 0 Å². The number of amides is 2. The number of ether oxygens (including phenoxy) is 4. The van der Waals surface area contributed by atoms with Gasteiger partial charge in [0.1, 0.15) is 0 Å². The highest BCUT2D eigenvalue weighted by Gasteiger charge is 2.22. The van der Waals surface area contributed by atoms with Gasteiger partial charge in [-0.15, -0.1) is 0 Å². The summed E-state index contributed by atoms with van der Waals surface area (Å²) < 4.78 is 26.9. The van der Waals surface area contributed by atoms with Crippen LogP contribution in [0.1, 0.15) is 52.8 Å². The smallest absolute Gasteiger partial charge is 0.347 e. The fourth-order valence-corrected chi connectivity index (χ4v) is 7.43. The average Bonchev–Trinajstić information content (AvgIpc) is 3.27.